The minimum atomic E-state index is -0.761. The first kappa shape index (κ1) is 20.5. The van der Waals surface area contributed by atoms with E-state index in [2.05, 4.69) is 10.4 Å². The minimum Gasteiger partial charge on any atom is -0.464 e. The lowest BCUT2D eigenvalue weighted by molar-refractivity contribution is -0.146. The van der Waals surface area contributed by atoms with Gasteiger partial charge in [-0.25, -0.2) is 9.18 Å². The zero-order valence-electron chi connectivity index (χ0n) is 16.7. The molecule has 6 nitrogen and oxygen atoms in total. The van der Waals surface area contributed by atoms with Crippen LogP contribution in [0.25, 0.3) is 10.9 Å². The first-order chi connectivity index (χ1) is 13.9. The summed E-state index contributed by atoms with van der Waals surface area (Å²) in [5.41, 5.74) is 1.87. The fraction of sp³-hybridized carbons (Fsp3) is 0.318. The highest BCUT2D eigenvalue weighted by Crippen LogP contribution is 2.20. The van der Waals surface area contributed by atoms with Gasteiger partial charge in [0.25, 0.3) is 5.91 Å². The first-order valence-corrected chi connectivity index (χ1v) is 9.58. The maximum atomic E-state index is 13.2. The van der Waals surface area contributed by atoms with Gasteiger partial charge in [0, 0.05) is 5.39 Å². The van der Waals surface area contributed by atoms with E-state index < -0.39 is 17.9 Å². The second kappa shape index (κ2) is 8.86. The molecule has 29 heavy (non-hydrogen) atoms. The highest BCUT2D eigenvalue weighted by atomic mass is 19.1. The van der Waals surface area contributed by atoms with Crippen LogP contribution in [-0.2, 0) is 16.1 Å². The summed E-state index contributed by atoms with van der Waals surface area (Å²) >= 11 is 0. The van der Waals surface area contributed by atoms with Crippen LogP contribution >= 0.6 is 0 Å². The molecule has 3 rings (SSSR count). The van der Waals surface area contributed by atoms with Crippen molar-refractivity contribution >= 4 is 22.8 Å². The third kappa shape index (κ3) is 4.62. The fourth-order valence-electron chi connectivity index (χ4n) is 3.12. The Kier molecular flexibility index (Phi) is 6.26. The van der Waals surface area contributed by atoms with Crippen LogP contribution in [0.2, 0.25) is 0 Å². The molecule has 1 N–H and O–H groups in total. The van der Waals surface area contributed by atoms with Gasteiger partial charge < -0.3 is 10.1 Å². The molecule has 0 fully saturated rings. The van der Waals surface area contributed by atoms with Gasteiger partial charge in [-0.2, -0.15) is 5.10 Å². The fourth-order valence-corrected chi connectivity index (χ4v) is 3.12. The molecule has 0 aliphatic rings. The predicted molar refractivity (Wildman–Crippen MR) is 108 cm³/mol. The lowest BCUT2D eigenvalue weighted by atomic mass is 10.0. The van der Waals surface area contributed by atoms with Crippen LogP contribution in [0, 0.1) is 11.7 Å². The molecule has 7 heteroatoms. The van der Waals surface area contributed by atoms with Crippen LogP contribution in [0.3, 0.4) is 0 Å². The van der Waals surface area contributed by atoms with Crippen molar-refractivity contribution in [3.8, 4) is 0 Å². The summed E-state index contributed by atoms with van der Waals surface area (Å²) in [6.07, 6.45) is 0. The highest BCUT2D eigenvalue weighted by Gasteiger charge is 2.28. The number of aromatic nitrogens is 2. The maximum Gasteiger partial charge on any atom is 0.328 e. The third-order valence-electron chi connectivity index (χ3n) is 4.61. The Morgan fingerprint density at radius 3 is 2.48 bits per heavy atom. The number of esters is 1. The van der Waals surface area contributed by atoms with Crippen molar-refractivity contribution in [2.45, 2.75) is 33.4 Å². The third-order valence-corrected chi connectivity index (χ3v) is 4.61. The summed E-state index contributed by atoms with van der Waals surface area (Å²) in [4.78, 5) is 25.1. The molecule has 1 heterocycles. The van der Waals surface area contributed by atoms with Crippen molar-refractivity contribution in [2.24, 2.45) is 5.92 Å². The minimum absolute atomic E-state index is 0.134. The van der Waals surface area contributed by atoms with E-state index in [9.17, 15) is 14.0 Å². The van der Waals surface area contributed by atoms with E-state index in [4.69, 9.17) is 4.74 Å². The zero-order valence-corrected chi connectivity index (χ0v) is 16.7. The van der Waals surface area contributed by atoms with Crippen molar-refractivity contribution < 1.29 is 18.7 Å². The number of carbonyl (C=O) groups is 2. The van der Waals surface area contributed by atoms with E-state index in [0.29, 0.717) is 11.9 Å². The van der Waals surface area contributed by atoms with Crippen molar-refractivity contribution in [3.63, 3.8) is 0 Å². The van der Waals surface area contributed by atoms with Crippen molar-refractivity contribution in [1.82, 2.24) is 15.1 Å². The van der Waals surface area contributed by atoms with E-state index in [1.165, 1.54) is 12.1 Å². The molecule has 1 atom stereocenters. The number of fused-ring (bicyclic) bond motifs is 1. The number of nitrogens with zero attached hydrogens (tertiary/aromatic N) is 2. The predicted octanol–water partition coefficient (Wildman–Crippen LogP) is 3.54. The zero-order chi connectivity index (χ0) is 21.0. The summed E-state index contributed by atoms with van der Waals surface area (Å²) in [6, 6.07) is 12.8. The lowest BCUT2D eigenvalue weighted by Crippen LogP contribution is -2.45. The van der Waals surface area contributed by atoms with Crippen LogP contribution in [0.1, 0.15) is 36.8 Å². The number of halogens is 1. The van der Waals surface area contributed by atoms with Gasteiger partial charge in [0.2, 0.25) is 0 Å². The molecular weight excluding hydrogens is 373 g/mol. The molecule has 0 radical (unpaired) electrons. The molecule has 0 spiro atoms. The maximum absolute atomic E-state index is 13.2. The number of rotatable bonds is 7. The summed E-state index contributed by atoms with van der Waals surface area (Å²) in [5, 5.41) is 7.92. The second-order valence-electron chi connectivity index (χ2n) is 7.10. The van der Waals surface area contributed by atoms with Gasteiger partial charge in [0.15, 0.2) is 5.69 Å². The molecule has 1 amide bonds. The Labute approximate surface area is 168 Å². The highest BCUT2D eigenvalue weighted by molar-refractivity contribution is 6.06. The second-order valence-corrected chi connectivity index (χ2v) is 7.10. The number of hydrogen-bond acceptors (Lipinski definition) is 4. The van der Waals surface area contributed by atoms with Crippen molar-refractivity contribution in [3.05, 3.63) is 65.6 Å². The topological polar surface area (TPSA) is 73.2 Å². The molecule has 0 unspecified atom stereocenters. The average Bonchev–Trinajstić information content (AvgIpc) is 3.06. The average molecular weight is 397 g/mol. The van der Waals surface area contributed by atoms with E-state index in [-0.39, 0.29) is 24.0 Å². The van der Waals surface area contributed by atoms with Gasteiger partial charge >= 0.3 is 5.97 Å². The molecule has 3 aromatic rings. The van der Waals surface area contributed by atoms with Gasteiger partial charge in [-0.05, 0) is 36.6 Å². The van der Waals surface area contributed by atoms with Crippen LogP contribution in [0.4, 0.5) is 4.39 Å². The van der Waals surface area contributed by atoms with Gasteiger partial charge in [-0.3, -0.25) is 9.48 Å². The van der Waals surface area contributed by atoms with Gasteiger partial charge in [0.05, 0.1) is 18.7 Å². The molecule has 0 saturated carbocycles. The summed E-state index contributed by atoms with van der Waals surface area (Å²) in [5.74, 6) is -1.35. The van der Waals surface area contributed by atoms with Gasteiger partial charge in [0.1, 0.15) is 11.9 Å². The Morgan fingerprint density at radius 2 is 1.83 bits per heavy atom. The monoisotopic (exact) mass is 397 g/mol. The molecule has 152 valence electrons. The number of nitrogens with one attached hydrogen (secondary N) is 1. The van der Waals surface area contributed by atoms with E-state index in [1.807, 2.05) is 38.1 Å². The number of benzene rings is 2. The van der Waals surface area contributed by atoms with Crippen LogP contribution in [0.5, 0.6) is 0 Å². The largest absolute Gasteiger partial charge is 0.464 e. The van der Waals surface area contributed by atoms with E-state index in [1.54, 1.807) is 23.7 Å². The number of amides is 1. The molecule has 0 bridgehead atoms. The van der Waals surface area contributed by atoms with E-state index in [0.717, 1.165) is 11.1 Å². The van der Waals surface area contributed by atoms with Gasteiger partial charge in [-0.15, -0.1) is 0 Å². The standard InChI is InChI=1S/C22H24FN3O3/c1-4-29-22(28)19(14(2)3)24-21(27)20-17-7-5-6-8-18(17)26(25-20)13-15-9-11-16(23)12-10-15/h5-12,14,19H,4,13H2,1-3H3,(H,24,27)/t19-/m1/s1. The van der Waals surface area contributed by atoms with Crippen LogP contribution < -0.4 is 5.32 Å². The molecule has 0 aliphatic carbocycles. The quantitative estimate of drug-likeness (QED) is 0.619. The normalized spacial score (nSPS) is 12.2. The molecule has 1 aromatic heterocycles. The molecular formula is C22H24FN3O3. The lowest BCUT2D eigenvalue weighted by Gasteiger charge is -2.20. The summed E-state index contributed by atoms with van der Waals surface area (Å²) in [6.45, 7) is 6.04. The Balaban J connectivity index is 1.91. The molecule has 0 saturated heterocycles. The van der Waals surface area contributed by atoms with Crippen LogP contribution in [0.15, 0.2) is 48.5 Å². The summed E-state index contributed by atoms with van der Waals surface area (Å²) < 4.78 is 20.0. The van der Waals surface area contributed by atoms with Crippen molar-refractivity contribution in [1.29, 1.82) is 0 Å². The number of ether oxygens (including phenoxy) is 1. The summed E-state index contributed by atoms with van der Waals surface area (Å²) in [7, 11) is 0. The Hall–Kier alpha value is -3.22. The molecule has 0 aliphatic heterocycles. The Bertz CT molecular complexity index is 1010. The number of carbonyl (C=O) groups excluding carboxylic acids is 2. The van der Waals surface area contributed by atoms with Crippen molar-refractivity contribution in [2.75, 3.05) is 6.61 Å². The smallest absolute Gasteiger partial charge is 0.328 e. The van der Waals surface area contributed by atoms with Crippen LogP contribution in [-0.4, -0.2) is 34.3 Å². The number of hydrogen-bond donors (Lipinski definition) is 1. The first-order valence-electron chi connectivity index (χ1n) is 9.58. The molecule has 2 aromatic carbocycles. The SMILES string of the molecule is CCOC(=O)[C@H](NC(=O)c1nn(Cc2ccc(F)cc2)c2ccccc12)C(C)C. The van der Waals surface area contributed by atoms with E-state index >= 15 is 0 Å². The van der Waals surface area contributed by atoms with Gasteiger partial charge in [-0.1, -0.05) is 44.2 Å². The number of para-hydroxylation sites is 1. The Morgan fingerprint density at radius 1 is 1.14 bits per heavy atom.